The Morgan fingerprint density at radius 1 is 1.31 bits per heavy atom. The van der Waals surface area contributed by atoms with Crippen molar-refractivity contribution in [1.29, 1.82) is 0 Å². The molecule has 1 aliphatic carbocycles. The molecule has 0 N–H and O–H groups in total. The molecule has 0 radical (unpaired) electrons. The van der Waals surface area contributed by atoms with Gasteiger partial charge in [-0.1, -0.05) is 43.2 Å². The molecular weight excluding hydrogens is 525 g/mol. The molecule has 0 bridgehead atoms. The number of esters is 1. The molecule has 0 spiro atoms. The summed E-state index contributed by atoms with van der Waals surface area (Å²) in [7, 11) is 2.84. The number of carbonyl (C=O) groups is 2. The van der Waals surface area contributed by atoms with E-state index in [1.54, 1.807) is 11.0 Å². The number of ether oxygens (including phenoxy) is 3. The van der Waals surface area contributed by atoms with Gasteiger partial charge >= 0.3 is 5.97 Å². The van der Waals surface area contributed by atoms with Crippen LogP contribution in [0.15, 0.2) is 17.0 Å². The highest BCUT2D eigenvalue weighted by Gasteiger charge is 2.37. The SMILES string of the molecule is COC(=O)COc1c(I)cc(/C=C2/SC(=S)N(C3CCCCC3)C2=O)cc1OC. The quantitative estimate of drug-likeness (QED) is 0.227. The zero-order chi connectivity index (χ0) is 21.0. The molecule has 29 heavy (non-hydrogen) atoms. The van der Waals surface area contributed by atoms with E-state index in [9.17, 15) is 9.59 Å². The molecule has 1 saturated heterocycles. The number of halogens is 1. The number of hydrogen-bond donors (Lipinski definition) is 0. The Kier molecular flexibility index (Phi) is 7.80. The Labute approximate surface area is 193 Å². The van der Waals surface area contributed by atoms with E-state index >= 15 is 0 Å². The summed E-state index contributed by atoms with van der Waals surface area (Å²) in [6.07, 6.45) is 7.36. The van der Waals surface area contributed by atoms with Gasteiger partial charge in [0.2, 0.25) is 0 Å². The fourth-order valence-corrected chi connectivity index (χ4v) is 5.62. The van der Waals surface area contributed by atoms with Crippen LogP contribution in [0.5, 0.6) is 11.5 Å². The highest BCUT2D eigenvalue weighted by molar-refractivity contribution is 14.1. The first-order chi connectivity index (χ1) is 13.9. The van der Waals surface area contributed by atoms with Gasteiger partial charge in [0.25, 0.3) is 5.91 Å². The largest absolute Gasteiger partial charge is 0.493 e. The highest BCUT2D eigenvalue weighted by atomic mass is 127. The number of thiocarbonyl (C=S) groups is 1. The molecule has 156 valence electrons. The maximum Gasteiger partial charge on any atom is 0.343 e. The van der Waals surface area contributed by atoms with Gasteiger partial charge in [-0.15, -0.1) is 0 Å². The van der Waals surface area contributed by atoms with Gasteiger partial charge in [-0.05, 0) is 59.2 Å². The smallest absolute Gasteiger partial charge is 0.343 e. The third kappa shape index (κ3) is 5.24. The molecule has 0 unspecified atom stereocenters. The first-order valence-electron chi connectivity index (χ1n) is 9.28. The Hall–Kier alpha value is -1.33. The van der Waals surface area contributed by atoms with Gasteiger partial charge in [-0.25, -0.2) is 4.79 Å². The van der Waals surface area contributed by atoms with Gasteiger partial charge in [-0.3, -0.25) is 9.69 Å². The second-order valence-electron chi connectivity index (χ2n) is 6.74. The first-order valence-corrected chi connectivity index (χ1v) is 11.6. The van der Waals surface area contributed by atoms with E-state index in [4.69, 9.17) is 21.7 Å². The molecule has 3 rings (SSSR count). The van der Waals surface area contributed by atoms with Gasteiger partial charge in [-0.2, -0.15) is 0 Å². The molecule has 1 aromatic carbocycles. The summed E-state index contributed by atoms with van der Waals surface area (Å²) in [6.45, 7) is -0.206. The van der Waals surface area contributed by atoms with Gasteiger partial charge in [0.05, 0.1) is 22.7 Å². The fraction of sp³-hybridized carbons (Fsp3) is 0.450. The van der Waals surface area contributed by atoms with E-state index < -0.39 is 5.97 Å². The first kappa shape index (κ1) is 22.4. The fourth-order valence-electron chi connectivity index (χ4n) is 3.44. The Bertz CT molecular complexity index is 852. The monoisotopic (exact) mass is 547 g/mol. The topological polar surface area (TPSA) is 65.1 Å². The van der Waals surface area contributed by atoms with E-state index in [0.717, 1.165) is 34.8 Å². The number of carbonyl (C=O) groups excluding carboxylic acids is 2. The average Bonchev–Trinajstić information content (AvgIpc) is 3.00. The predicted molar refractivity (Wildman–Crippen MR) is 125 cm³/mol. The van der Waals surface area contributed by atoms with Gasteiger partial charge < -0.3 is 14.2 Å². The van der Waals surface area contributed by atoms with E-state index in [1.807, 2.05) is 12.1 Å². The van der Waals surface area contributed by atoms with Crippen molar-refractivity contribution in [2.45, 2.75) is 38.1 Å². The summed E-state index contributed by atoms with van der Waals surface area (Å²) in [4.78, 5) is 26.7. The number of nitrogens with zero attached hydrogens (tertiary/aromatic N) is 1. The van der Waals surface area contributed by atoms with Crippen LogP contribution in [0, 0.1) is 3.57 Å². The minimum Gasteiger partial charge on any atom is -0.493 e. The maximum absolute atomic E-state index is 13.0. The van der Waals surface area contributed by atoms with Crippen molar-refractivity contribution in [2.75, 3.05) is 20.8 Å². The van der Waals surface area contributed by atoms with E-state index in [2.05, 4.69) is 27.3 Å². The molecular formula is C20H22INO5S2. The molecule has 1 aliphatic heterocycles. The number of methoxy groups -OCH3 is 2. The van der Waals surface area contributed by atoms with Crippen molar-refractivity contribution < 1.29 is 23.8 Å². The normalized spacial score (nSPS) is 19.0. The molecule has 1 saturated carbocycles. The number of rotatable bonds is 6. The second kappa shape index (κ2) is 10.1. The number of hydrogen-bond acceptors (Lipinski definition) is 7. The van der Waals surface area contributed by atoms with Crippen molar-refractivity contribution in [1.82, 2.24) is 4.90 Å². The lowest BCUT2D eigenvalue weighted by Gasteiger charge is -2.29. The molecule has 0 atom stereocenters. The predicted octanol–water partition coefficient (Wildman–Crippen LogP) is 4.39. The van der Waals surface area contributed by atoms with E-state index in [-0.39, 0.29) is 18.6 Å². The molecule has 2 fully saturated rings. The lowest BCUT2D eigenvalue weighted by Crippen LogP contribution is -2.39. The van der Waals surface area contributed by atoms with E-state index in [1.165, 1.54) is 32.4 Å². The summed E-state index contributed by atoms with van der Waals surface area (Å²) in [5.74, 6) is 0.449. The van der Waals surface area contributed by atoms with Gasteiger partial charge in [0, 0.05) is 6.04 Å². The Morgan fingerprint density at radius 2 is 2.03 bits per heavy atom. The van der Waals surface area contributed by atoms with Crippen LogP contribution in [0.25, 0.3) is 6.08 Å². The van der Waals surface area contributed by atoms with E-state index in [0.29, 0.717) is 20.7 Å². The number of benzene rings is 1. The Balaban J connectivity index is 1.82. The zero-order valence-corrected chi connectivity index (χ0v) is 20.0. The number of amides is 1. The maximum atomic E-state index is 13.0. The minimum absolute atomic E-state index is 0.0214. The van der Waals surface area contributed by atoms with Crippen LogP contribution in [0.1, 0.15) is 37.7 Å². The van der Waals surface area contributed by atoms with Gasteiger partial charge in [0.15, 0.2) is 18.1 Å². The van der Waals surface area contributed by atoms with Crippen LogP contribution in [-0.2, 0) is 14.3 Å². The molecule has 6 nitrogen and oxygen atoms in total. The van der Waals surface area contributed by atoms with Gasteiger partial charge in [0.1, 0.15) is 4.32 Å². The standard InChI is InChI=1S/C20H22INO5S2/c1-25-15-9-12(8-14(21)18(15)27-11-17(23)26-2)10-16-19(24)22(20(28)29-16)13-6-4-3-5-7-13/h8-10,13H,3-7,11H2,1-2H3/b16-10+. The van der Waals surface area contributed by atoms with Crippen LogP contribution in [0.3, 0.4) is 0 Å². The summed E-state index contributed by atoms with van der Waals surface area (Å²) >= 11 is 8.95. The lowest BCUT2D eigenvalue weighted by atomic mass is 9.94. The average molecular weight is 547 g/mol. The van der Waals surface area contributed by atoms with Crippen LogP contribution in [0.2, 0.25) is 0 Å². The van der Waals surface area contributed by atoms with Crippen molar-refractivity contribution >= 4 is 68.8 Å². The molecule has 2 aliphatic rings. The summed E-state index contributed by atoms with van der Waals surface area (Å²) in [6, 6.07) is 3.87. The lowest BCUT2D eigenvalue weighted by molar-refractivity contribution is -0.143. The van der Waals surface area contributed by atoms with Crippen molar-refractivity contribution in [3.05, 3.63) is 26.2 Å². The molecule has 9 heteroatoms. The van der Waals surface area contributed by atoms with Crippen LogP contribution in [0.4, 0.5) is 0 Å². The van der Waals surface area contributed by atoms with Crippen LogP contribution >= 0.6 is 46.6 Å². The third-order valence-electron chi connectivity index (χ3n) is 4.87. The zero-order valence-electron chi connectivity index (χ0n) is 16.2. The molecule has 1 aromatic rings. The highest BCUT2D eigenvalue weighted by Crippen LogP contribution is 2.39. The molecule has 1 heterocycles. The summed E-state index contributed by atoms with van der Waals surface area (Å²) in [5.41, 5.74) is 0.806. The third-order valence-corrected chi connectivity index (χ3v) is 7.01. The minimum atomic E-state index is -0.474. The number of thioether (sulfide) groups is 1. The second-order valence-corrected chi connectivity index (χ2v) is 9.58. The van der Waals surface area contributed by atoms with Crippen LogP contribution < -0.4 is 9.47 Å². The molecule has 1 amide bonds. The van der Waals surface area contributed by atoms with Crippen LogP contribution in [-0.4, -0.2) is 48.0 Å². The van der Waals surface area contributed by atoms with Crippen molar-refractivity contribution in [3.8, 4) is 11.5 Å². The van der Waals surface area contributed by atoms with Crippen molar-refractivity contribution in [2.24, 2.45) is 0 Å². The van der Waals surface area contributed by atoms with Crippen molar-refractivity contribution in [3.63, 3.8) is 0 Å². The summed E-state index contributed by atoms with van der Waals surface area (Å²) in [5, 5.41) is 0. The summed E-state index contributed by atoms with van der Waals surface area (Å²) < 4.78 is 17.0. The molecule has 0 aromatic heterocycles. The Morgan fingerprint density at radius 3 is 2.69 bits per heavy atom.